The summed E-state index contributed by atoms with van der Waals surface area (Å²) in [5, 5.41) is 5.29. The van der Waals surface area contributed by atoms with Crippen LogP contribution in [0.15, 0.2) is 33.1 Å². The highest BCUT2D eigenvalue weighted by atomic mass is 32.2. The van der Waals surface area contributed by atoms with E-state index in [1.165, 1.54) is 11.6 Å². The molecule has 3 heterocycles. The Morgan fingerprint density at radius 1 is 1.03 bits per heavy atom. The first-order valence-corrected chi connectivity index (χ1v) is 10.8. The SMILES string of the molecule is Cn1c(=O)c2c(SCCCCCn3cccn3)nc(C(C)(C)C)nc2n(C)c1=O. The molecule has 0 radical (unpaired) electrons. The van der Waals surface area contributed by atoms with Crippen LogP contribution in [0.25, 0.3) is 11.0 Å². The largest absolute Gasteiger partial charge is 0.332 e. The quantitative estimate of drug-likeness (QED) is 0.334. The van der Waals surface area contributed by atoms with Gasteiger partial charge in [0.15, 0.2) is 5.65 Å². The summed E-state index contributed by atoms with van der Waals surface area (Å²) in [7, 11) is 3.14. The zero-order chi connectivity index (χ0) is 21.2. The van der Waals surface area contributed by atoms with Gasteiger partial charge in [0, 0.05) is 38.4 Å². The van der Waals surface area contributed by atoms with Crippen LogP contribution in [-0.2, 0) is 26.1 Å². The molecule has 0 aliphatic heterocycles. The molecule has 0 bridgehead atoms. The molecule has 3 aromatic rings. The fraction of sp³-hybridized carbons (Fsp3) is 0.550. The average Bonchev–Trinajstić information content (AvgIpc) is 3.19. The third-order valence-corrected chi connectivity index (χ3v) is 5.83. The number of aromatic nitrogens is 6. The summed E-state index contributed by atoms with van der Waals surface area (Å²) in [4.78, 5) is 34.4. The summed E-state index contributed by atoms with van der Waals surface area (Å²) in [5.74, 6) is 1.48. The molecule has 0 saturated carbocycles. The molecule has 8 nitrogen and oxygen atoms in total. The van der Waals surface area contributed by atoms with Gasteiger partial charge in [-0.2, -0.15) is 5.10 Å². The first-order valence-electron chi connectivity index (χ1n) is 9.78. The van der Waals surface area contributed by atoms with Crippen LogP contribution >= 0.6 is 11.8 Å². The van der Waals surface area contributed by atoms with Gasteiger partial charge in [-0.05, 0) is 24.7 Å². The summed E-state index contributed by atoms with van der Waals surface area (Å²) in [6.07, 6.45) is 6.88. The Balaban J connectivity index is 1.83. The Morgan fingerprint density at radius 3 is 2.45 bits per heavy atom. The Labute approximate surface area is 174 Å². The summed E-state index contributed by atoms with van der Waals surface area (Å²) >= 11 is 1.56. The Hall–Kier alpha value is -2.42. The Morgan fingerprint density at radius 2 is 1.79 bits per heavy atom. The smallest absolute Gasteiger partial charge is 0.280 e. The fourth-order valence-electron chi connectivity index (χ4n) is 3.02. The lowest BCUT2D eigenvalue weighted by atomic mass is 9.96. The molecular weight excluding hydrogens is 388 g/mol. The molecule has 0 N–H and O–H groups in total. The van der Waals surface area contributed by atoms with E-state index >= 15 is 0 Å². The van der Waals surface area contributed by atoms with Gasteiger partial charge in [0.2, 0.25) is 0 Å². The second-order valence-electron chi connectivity index (χ2n) is 8.18. The molecule has 3 rings (SSSR count). The van der Waals surface area contributed by atoms with E-state index < -0.39 is 0 Å². The lowest BCUT2D eigenvalue weighted by Crippen LogP contribution is -2.38. The Kier molecular flexibility index (Phi) is 6.26. The van der Waals surface area contributed by atoms with Crippen LogP contribution in [0, 0.1) is 0 Å². The molecule has 0 saturated heterocycles. The van der Waals surface area contributed by atoms with Crippen molar-refractivity contribution in [2.24, 2.45) is 14.1 Å². The van der Waals surface area contributed by atoms with E-state index in [1.807, 2.05) is 37.7 Å². The van der Waals surface area contributed by atoms with Crippen LogP contribution in [-0.4, -0.2) is 34.6 Å². The maximum atomic E-state index is 12.8. The zero-order valence-electron chi connectivity index (χ0n) is 17.7. The van der Waals surface area contributed by atoms with E-state index in [-0.39, 0.29) is 16.7 Å². The third-order valence-electron chi connectivity index (χ3n) is 4.77. The number of fused-ring (bicyclic) bond motifs is 1. The van der Waals surface area contributed by atoms with Gasteiger partial charge in [0.1, 0.15) is 16.2 Å². The first-order chi connectivity index (χ1) is 13.7. The van der Waals surface area contributed by atoms with Gasteiger partial charge in [-0.3, -0.25) is 18.6 Å². The topological polar surface area (TPSA) is 87.6 Å². The zero-order valence-corrected chi connectivity index (χ0v) is 18.5. The van der Waals surface area contributed by atoms with Gasteiger partial charge >= 0.3 is 5.69 Å². The van der Waals surface area contributed by atoms with Crippen LogP contribution in [0.5, 0.6) is 0 Å². The van der Waals surface area contributed by atoms with E-state index in [0.717, 1.165) is 36.1 Å². The summed E-state index contributed by atoms with van der Waals surface area (Å²) in [5.41, 5.74) is -0.607. The molecule has 0 fully saturated rings. The van der Waals surface area contributed by atoms with Gasteiger partial charge in [-0.1, -0.05) is 27.2 Å². The van der Waals surface area contributed by atoms with Crippen molar-refractivity contribution in [2.45, 2.75) is 57.0 Å². The number of hydrogen-bond donors (Lipinski definition) is 0. The van der Waals surface area contributed by atoms with Crippen molar-refractivity contribution in [3.63, 3.8) is 0 Å². The van der Waals surface area contributed by atoms with Gasteiger partial charge in [0.05, 0.1) is 0 Å². The normalized spacial score (nSPS) is 12.0. The van der Waals surface area contributed by atoms with Gasteiger partial charge in [-0.25, -0.2) is 14.8 Å². The van der Waals surface area contributed by atoms with Crippen molar-refractivity contribution in [1.29, 1.82) is 0 Å². The van der Waals surface area contributed by atoms with Crippen LogP contribution in [0.2, 0.25) is 0 Å². The minimum atomic E-state index is -0.379. The van der Waals surface area contributed by atoms with E-state index in [9.17, 15) is 9.59 Å². The molecule has 0 unspecified atom stereocenters. The van der Waals surface area contributed by atoms with Gasteiger partial charge in [0.25, 0.3) is 5.56 Å². The molecule has 0 aliphatic rings. The summed E-state index contributed by atoms with van der Waals surface area (Å²) in [6, 6.07) is 1.93. The number of unbranched alkanes of at least 4 members (excludes halogenated alkanes) is 2. The van der Waals surface area contributed by atoms with Crippen molar-refractivity contribution in [1.82, 2.24) is 28.9 Å². The molecule has 9 heteroatoms. The minimum absolute atomic E-state index is 0.287. The van der Waals surface area contributed by atoms with Crippen LogP contribution in [0.1, 0.15) is 45.9 Å². The summed E-state index contributed by atoms with van der Waals surface area (Å²) < 4.78 is 4.49. The molecule has 29 heavy (non-hydrogen) atoms. The Bertz CT molecular complexity index is 1110. The highest BCUT2D eigenvalue weighted by Crippen LogP contribution is 2.27. The first kappa shape index (κ1) is 21.3. The summed E-state index contributed by atoms with van der Waals surface area (Å²) in [6.45, 7) is 6.98. The number of aryl methyl sites for hydroxylation is 2. The number of hydrogen-bond acceptors (Lipinski definition) is 6. The predicted molar refractivity (Wildman–Crippen MR) is 116 cm³/mol. The van der Waals surface area contributed by atoms with Crippen molar-refractivity contribution in [3.8, 4) is 0 Å². The van der Waals surface area contributed by atoms with Crippen molar-refractivity contribution < 1.29 is 0 Å². The standard InChI is InChI=1S/C20H28N6O2S/c1-20(2,3)18-22-15-14(17(27)25(5)19(28)24(15)4)16(23-18)29-13-8-6-7-11-26-12-9-10-21-26/h9-10,12H,6-8,11,13H2,1-5H3. The molecule has 0 aliphatic carbocycles. The fourth-order valence-corrected chi connectivity index (χ4v) is 4.04. The van der Waals surface area contributed by atoms with E-state index in [2.05, 4.69) is 10.1 Å². The maximum absolute atomic E-state index is 12.8. The minimum Gasteiger partial charge on any atom is -0.280 e. The lowest BCUT2D eigenvalue weighted by Gasteiger charge is -2.19. The highest BCUT2D eigenvalue weighted by Gasteiger charge is 2.23. The van der Waals surface area contributed by atoms with E-state index in [1.54, 1.807) is 25.0 Å². The third kappa shape index (κ3) is 4.60. The molecule has 0 amide bonds. The van der Waals surface area contributed by atoms with Gasteiger partial charge in [-0.15, -0.1) is 11.8 Å². The van der Waals surface area contributed by atoms with Crippen molar-refractivity contribution >= 4 is 22.8 Å². The molecule has 0 aromatic carbocycles. The molecule has 3 aromatic heterocycles. The average molecular weight is 417 g/mol. The van der Waals surface area contributed by atoms with Crippen LogP contribution < -0.4 is 11.2 Å². The van der Waals surface area contributed by atoms with Gasteiger partial charge < -0.3 is 0 Å². The maximum Gasteiger partial charge on any atom is 0.332 e. The molecular formula is C20H28N6O2S. The number of rotatable bonds is 7. The number of thioether (sulfide) groups is 1. The number of nitrogens with zero attached hydrogens (tertiary/aromatic N) is 6. The van der Waals surface area contributed by atoms with Crippen molar-refractivity contribution in [2.75, 3.05) is 5.75 Å². The van der Waals surface area contributed by atoms with Crippen molar-refractivity contribution in [3.05, 3.63) is 45.1 Å². The van der Waals surface area contributed by atoms with Crippen LogP contribution in [0.4, 0.5) is 0 Å². The molecule has 156 valence electrons. The molecule has 0 spiro atoms. The second kappa shape index (κ2) is 8.52. The monoisotopic (exact) mass is 416 g/mol. The van der Waals surface area contributed by atoms with E-state index in [4.69, 9.17) is 4.98 Å². The predicted octanol–water partition coefficient (Wildman–Crippen LogP) is 2.48. The lowest BCUT2D eigenvalue weighted by molar-refractivity contribution is 0.539. The molecule has 0 atom stereocenters. The highest BCUT2D eigenvalue weighted by molar-refractivity contribution is 7.99. The van der Waals surface area contributed by atoms with Crippen LogP contribution in [0.3, 0.4) is 0 Å². The van der Waals surface area contributed by atoms with E-state index in [0.29, 0.717) is 21.9 Å². The second-order valence-corrected chi connectivity index (χ2v) is 9.27.